The number of nitrogens with zero attached hydrogens (tertiary/aromatic N) is 2. The summed E-state index contributed by atoms with van der Waals surface area (Å²) in [5, 5.41) is 10.9. The summed E-state index contributed by atoms with van der Waals surface area (Å²) in [7, 11) is 0. The van der Waals surface area contributed by atoms with Crippen LogP contribution in [-0.2, 0) is 16.8 Å². The van der Waals surface area contributed by atoms with Gasteiger partial charge in [-0.15, -0.1) is 0 Å². The van der Waals surface area contributed by atoms with Crippen LogP contribution in [0.5, 0.6) is 5.75 Å². The van der Waals surface area contributed by atoms with Crippen LogP contribution in [0.4, 0.5) is 13.6 Å². The quantitative estimate of drug-likeness (QED) is 0.140. The van der Waals surface area contributed by atoms with Gasteiger partial charge in [0.2, 0.25) is 11.2 Å². The van der Waals surface area contributed by atoms with Gasteiger partial charge in [-0.2, -0.15) is 0 Å². The fourth-order valence-corrected chi connectivity index (χ4v) is 6.79. The summed E-state index contributed by atoms with van der Waals surface area (Å²) in [6, 6.07) is 2.72. The molecule has 2 aliphatic heterocycles. The van der Waals surface area contributed by atoms with Crippen LogP contribution in [0, 0.1) is 22.5 Å². The first kappa shape index (κ1) is 35.8. The molecule has 0 aliphatic carbocycles. The Kier molecular flexibility index (Phi) is 11.2. The van der Waals surface area contributed by atoms with Crippen molar-refractivity contribution in [1.82, 2.24) is 14.8 Å². The SMILES string of the molecule is CCCCCCCCOC(=O)Oc1c2n(cc(C(=O)NCc3ccc(F)cc3F)c1=O)[C@]1(C)CN(C2=O)[C@@H](C)CC[C@]1(C)CC(C)=N. The Labute approximate surface area is 274 Å². The van der Waals surface area contributed by atoms with Crippen LogP contribution in [0.25, 0.3) is 0 Å². The predicted octanol–water partition coefficient (Wildman–Crippen LogP) is 6.72. The molecular formula is C35H46F2N4O6. The molecule has 1 aromatic heterocycles. The number of carbonyl (C=O) groups excluding carboxylic acids is 3. The Hall–Kier alpha value is -4.09. The maximum absolute atomic E-state index is 14.3. The maximum atomic E-state index is 14.3. The zero-order valence-electron chi connectivity index (χ0n) is 28.0. The molecule has 0 radical (unpaired) electrons. The predicted molar refractivity (Wildman–Crippen MR) is 173 cm³/mol. The van der Waals surface area contributed by atoms with Crippen LogP contribution >= 0.6 is 0 Å². The second-order valence-corrected chi connectivity index (χ2v) is 13.4. The lowest BCUT2D eigenvalue weighted by Crippen LogP contribution is -2.60. The van der Waals surface area contributed by atoms with Crippen molar-refractivity contribution in [2.24, 2.45) is 5.41 Å². The van der Waals surface area contributed by atoms with Crippen LogP contribution in [0.2, 0.25) is 0 Å². The fourth-order valence-electron chi connectivity index (χ4n) is 6.79. The number of nitrogens with one attached hydrogen (secondary N) is 2. The first-order chi connectivity index (χ1) is 22.2. The highest BCUT2D eigenvalue weighted by molar-refractivity contribution is 6.00. The molecule has 1 saturated heterocycles. The van der Waals surface area contributed by atoms with Crippen LogP contribution in [0.1, 0.15) is 119 Å². The van der Waals surface area contributed by atoms with Gasteiger partial charge >= 0.3 is 6.16 Å². The molecule has 0 spiro atoms. The third kappa shape index (κ3) is 7.57. The van der Waals surface area contributed by atoms with Crippen molar-refractivity contribution in [2.75, 3.05) is 13.2 Å². The molecule has 2 N–H and O–H groups in total. The summed E-state index contributed by atoms with van der Waals surface area (Å²) in [6.07, 6.45) is 7.54. The van der Waals surface area contributed by atoms with Gasteiger partial charge in [-0.3, -0.25) is 14.4 Å². The van der Waals surface area contributed by atoms with Gasteiger partial charge in [-0.1, -0.05) is 52.0 Å². The molecule has 0 unspecified atom stereocenters. The largest absolute Gasteiger partial charge is 0.514 e. The van der Waals surface area contributed by atoms with Crippen LogP contribution < -0.4 is 15.5 Å². The van der Waals surface area contributed by atoms with Gasteiger partial charge in [0.15, 0.2) is 5.69 Å². The topological polar surface area (TPSA) is 131 Å². The van der Waals surface area contributed by atoms with E-state index in [0.29, 0.717) is 37.5 Å². The van der Waals surface area contributed by atoms with Crippen molar-refractivity contribution < 1.29 is 32.6 Å². The molecule has 3 heterocycles. The van der Waals surface area contributed by atoms with E-state index < -0.39 is 57.3 Å². The zero-order valence-corrected chi connectivity index (χ0v) is 28.0. The van der Waals surface area contributed by atoms with Crippen molar-refractivity contribution >= 4 is 23.7 Å². The molecule has 0 saturated carbocycles. The van der Waals surface area contributed by atoms with E-state index in [2.05, 4.69) is 12.2 Å². The van der Waals surface area contributed by atoms with Gasteiger partial charge in [-0.05, 0) is 57.9 Å². The number of hydrogen-bond acceptors (Lipinski definition) is 7. The van der Waals surface area contributed by atoms with Crippen LogP contribution in [0.3, 0.4) is 0 Å². The lowest BCUT2D eigenvalue weighted by atomic mass is 9.65. The van der Waals surface area contributed by atoms with Crippen molar-refractivity contribution in [3.8, 4) is 5.75 Å². The fraction of sp³-hybridized carbons (Fsp3) is 0.571. The summed E-state index contributed by atoms with van der Waals surface area (Å²) < 4.78 is 40.1. The average Bonchev–Trinajstić information content (AvgIpc) is 3.09. The van der Waals surface area contributed by atoms with E-state index in [4.69, 9.17) is 14.9 Å². The maximum Gasteiger partial charge on any atom is 0.514 e. The molecule has 2 amide bonds. The van der Waals surface area contributed by atoms with E-state index in [9.17, 15) is 28.0 Å². The molecule has 10 nitrogen and oxygen atoms in total. The second-order valence-electron chi connectivity index (χ2n) is 13.4. The highest BCUT2D eigenvalue weighted by atomic mass is 19.1. The number of aromatic nitrogens is 1. The number of carbonyl (C=O) groups is 3. The number of pyridine rings is 1. The molecule has 2 aromatic rings. The molecule has 12 heteroatoms. The summed E-state index contributed by atoms with van der Waals surface area (Å²) in [6.45, 7) is 9.62. The van der Waals surface area contributed by atoms with E-state index in [1.165, 1.54) is 12.3 Å². The van der Waals surface area contributed by atoms with Crippen LogP contribution in [-0.4, -0.2) is 52.3 Å². The number of benzene rings is 1. The van der Waals surface area contributed by atoms with Gasteiger partial charge < -0.3 is 29.7 Å². The van der Waals surface area contributed by atoms with Crippen molar-refractivity contribution in [2.45, 2.75) is 111 Å². The standard InChI is InChI=1S/C35H46F2N4O6/c1-6-7-8-9-10-11-16-46-33(45)47-30-28-32(44)40-21-35(5,34(4,18-22(2)38)15-14-23(40)3)41(28)20-26(29(30)42)31(43)39-19-24-12-13-25(36)17-27(24)37/h12-13,17,20,23,38H,6-11,14-16,18-19,21H2,1-5H3,(H,39,43)/t23-,34+,35+/m0/s1. The zero-order chi connectivity index (χ0) is 34.5. The van der Waals surface area contributed by atoms with E-state index in [1.54, 1.807) is 16.4 Å². The number of amides is 2. The molecule has 2 aliphatic rings. The second kappa shape index (κ2) is 14.8. The first-order valence-electron chi connectivity index (χ1n) is 16.4. The Balaban J connectivity index is 1.76. The molecule has 4 rings (SSSR count). The molecule has 47 heavy (non-hydrogen) atoms. The normalized spacial score (nSPS) is 21.9. The van der Waals surface area contributed by atoms with E-state index >= 15 is 0 Å². The molecular weight excluding hydrogens is 610 g/mol. The van der Waals surface area contributed by atoms with Gasteiger partial charge in [0.25, 0.3) is 11.8 Å². The van der Waals surface area contributed by atoms with Crippen molar-refractivity contribution in [1.29, 1.82) is 5.41 Å². The molecule has 2 bridgehead atoms. The van der Waals surface area contributed by atoms with E-state index in [1.807, 2.05) is 20.8 Å². The Morgan fingerprint density at radius 3 is 2.49 bits per heavy atom. The number of ether oxygens (including phenoxy) is 2. The number of hydrogen-bond donors (Lipinski definition) is 2. The monoisotopic (exact) mass is 656 g/mol. The number of fused-ring (bicyclic) bond motifs is 4. The van der Waals surface area contributed by atoms with Gasteiger partial charge in [0.05, 0.1) is 12.1 Å². The summed E-state index contributed by atoms with van der Waals surface area (Å²) in [5.74, 6) is -3.69. The van der Waals surface area contributed by atoms with Crippen LogP contribution in [0.15, 0.2) is 29.2 Å². The number of unbranched alkanes of at least 4 members (excludes halogenated alkanes) is 5. The van der Waals surface area contributed by atoms with Crippen molar-refractivity contribution in [3.63, 3.8) is 0 Å². The lowest BCUT2D eigenvalue weighted by molar-refractivity contribution is 0.0221. The molecule has 3 atom stereocenters. The third-order valence-corrected chi connectivity index (χ3v) is 9.84. The van der Waals surface area contributed by atoms with Gasteiger partial charge in [0.1, 0.15) is 17.2 Å². The van der Waals surface area contributed by atoms with Gasteiger partial charge in [-0.25, -0.2) is 13.6 Å². The summed E-state index contributed by atoms with van der Waals surface area (Å²) in [5.41, 5.74) is -2.71. The molecule has 256 valence electrons. The minimum absolute atomic E-state index is 0.00266. The summed E-state index contributed by atoms with van der Waals surface area (Å²) in [4.78, 5) is 56.2. The lowest BCUT2D eigenvalue weighted by Gasteiger charge is -2.52. The Morgan fingerprint density at radius 2 is 1.81 bits per heavy atom. The van der Waals surface area contributed by atoms with Gasteiger partial charge in [0, 0.05) is 42.7 Å². The Morgan fingerprint density at radius 1 is 1.11 bits per heavy atom. The minimum Gasteiger partial charge on any atom is -0.434 e. The average molecular weight is 657 g/mol. The highest BCUT2D eigenvalue weighted by Gasteiger charge is 2.55. The molecule has 1 fully saturated rings. The Bertz CT molecular complexity index is 1590. The molecule has 1 aromatic carbocycles. The summed E-state index contributed by atoms with van der Waals surface area (Å²) >= 11 is 0. The number of rotatable bonds is 13. The first-order valence-corrected chi connectivity index (χ1v) is 16.4. The smallest absolute Gasteiger partial charge is 0.434 e. The van der Waals surface area contributed by atoms with E-state index in [-0.39, 0.29) is 37.0 Å². The minimum atomic E-state index is -1.17. The van der Waals surface area contributed by atoms with E-state index in [0.717, 1.165) is 38.2 Å². The number of halogens is 2. The van der Waals surface area contributed by atoms with Crippen molar-refractivity contribution in [3.05, 3.63) is 63.1 Å². The third-order valence-electron chi connectivity index (χ3n) is 9.84. The highest BCUT2D eigenvalue weighted by Crippen LogP contribution is 2.51.